The standard InChI is InChI=1S/C12H16N2O3S/c1-10(15)6-7-14-18(16,17)9-12-4-2-11(8-13)3-5-12/h2-5,10,14-15H,6-7,9H2,1H3. The Hall–Kier alpha value is -1.42. The van der Waals surface area contributed by atoms with Crippen LogP contribution in [0.3, 0.4) is 0 Å². The van der Waals surface area contributed by atoms with Crippen LogP contribution in [0, 0.1) is 11.3 Å². The van der Waals surface area contributed by atoms with Gasteiger partial charge in [-0.15, -0.1) is 0 Å². The normalized spacial score (nSPS) is 12.9. The van der Waals surface area contributed by atoms with Crippen LogP contribution < -0.4 is 4.72 Å². The van der Waals surface area contributed by atoms with Crippen LogP contribution in [0.2, 0.25) is 0 Å². The van der Waals surface area contributed by atoms with E-state index in [1.54, 1.807) is 31.2 Å². The van der Waals surface area contributed by atoms with Gasteiger partial charge in [-0.05, 0) is 31.0 Å². The molecule has 1 aromatic carbocycles. The summed E-state index contributed by atoms with van der Waals surface area (Å²) in [4.78, 5) is 0. The number of nitrogens with zero attached hydrogens (tertiary/aromatic N) is 1. The zero-order chi connectivity index (χ0) is 13.6. The zero-order valence-electron chi connectivity index (χ0n) is 10.1. The molecule has 2 N–H and O–H groups in total. The first kappa shape index (κ1) is 14.6. The van der Waals surface area contributed by atoms with Crippen LogP contribution in [-0.4, -0.2) is 26.2 Å². The minimum atomic E-state index is -3.39. The van der Waals surface area contributed by atoms with Crippen molar-refractivity contribution in [3.8, 4) is 6.07 Å². The quantitative estimate of drug-likeness (QED) is 0.796. The van der Waals surface area contributed by atoms with Crippen molar-refractivity contribution in [3.05, 3.63) is 35.4 Å². The van der Waals surface area contributed by atoms with E-state index in [1.165, 1.54) is 0 Å². The first-order valence-corrected chi connectivity index (χ1v) is 7.22. The van der Waals surface area contributed by atoms with Crippen LogP contribution in [0.15, 0.2) is 24.3 Å². The largest absolute Gasteiger partial charge is 0.393 e. The zero-order valence-corrected chi connectivity index (χ0v) is 10.9. The summed E-state index contributed by atoms with van der Waals surface area (Å²) < 4.78 is 25.8. The Morgan fingerprint density at radius 1 is 1.39 bits per heavy atom. The van der Waals surface area contributed by atoms with Gasteiger partial charge in [-0.2, -0.15) is 5.26 Å². The number of aliphatic hydroxyl groups is 1. The Labute approximate surface area is 107 Å². The molecule has 18 heavy (non-hydrogen) atoms. The molecule has 1 aromatic rings. The summed E-state index contributed by atoms with van der Waals surface area (Å²) in [6, 6.07) is 8.37. The lowest BCUT2D eigenvalue weighted by atomic mass is 10.2. The third-order valence-corrected chi connectivity index (χ3v) is 3.68. The fourth-order valence-electron chi connectivity index (χ4n) is 1.37. The maximum absolute atomic E-state index is 11.7. The van der Waals surface area contributed by atoms with Crippen LogP contribution in [0.25, 0.3) is 0 Å². The van der Waals surface area contributed by atoms with Gasteiger partial charge in [0.25, 0.3) is 0 Å². The van der Waals surface area contributed by atoms with E-state index >= 15 is 0 Å². The van der Waals surface area contributed by atoms with Crippen molar-refractivity contribution in [1.82, 2.24) is 4.72 Å². The predicted molar refractivity (Wildman–Crippen MR) is 68.1 cm³/mol. The van der Waals surface area contributed by atoms with Crippen molar-refractivity contribution in [2.75, 3.05) is 6.54 Å². The maximum Gasteiger partial charge on any atom is 0.215 e. The second-order valence-corrected chi connectivity index (χ2v) is 5.91. The smallest absolute Gasteiger partial charge is 0.215 e. The molecule has 6 heteroatoms. The monoisotopic (exact) mass is 268 g/mol. The molecule has 0 amide bonds. The number of aliphatic hydroxyl groups excluding tert-OH is 1. The average Bonchev–Trinajstić information content (AvgIpc) is 2.28. The van der Waals surface area contributed by atoms with E-state index < -0.39 is 16.1 Å². The minimum absolute atomic E-state index is 0.126. The third-order valence-electron chi connectivity index (χ3n) is 2.32. The maximum atomic E-state index is 11.7. The highest BCUT2D eigenvalue weighted by atomic mass is 32.2. The number of sulfonamides is 1. The molecule has 5 nitrogen and oxygen atoms in total. The molecule has 1 atom stereocenters. The van der Waals surface area contributed by atoms with E-state index in [2.05, 4.69) is 4.72 Å². The van der Waals surface area contributed by atoms with Gasteiger partial charge in [0.1, 0.15) is 0 Å². The summed E-state index contributed by atoms with van der Waals surface area (Å²) in [7, 11) is -3.39. The molecule has 0 aliphatic rings. The van der Waals surface area contributed by atoms with Gasteiger partial charge < -0.3 is 5.11 Å². The Kier molecular flexibility index (Phi) is 5.28. The summed E-state index contributed by atoms with van der Waals surface area (Å²) in [5, 5.41) is 17.7. The summed E-state index contributed by atoms with van der Waals surface area (Å²) in [5.74, 6) is -0.126. The van der Waals surface area contributed by atoms with E-state index in [-0.39, 0.29) is 12.3 Å². The van der Waals surface area contributed by atoms with Gasteiger partial charge in [0.05, 0.1) is 23.5 Å². The molecule has 0 saturated carbocycles. The highest BCUT2D eigenvalue weighted by Gasteiger charge is 2.11. The van der Waals surface area contributed by atoms with Crippen molar-refractivity contribution in [2.24, 2.45) is 0 Å². The van der Waals surface area contributed by atoms with Crippen molar-refractivity contribution >= 4 is 10.0 Å². The van der Waals surface area contributed by atoms with Crippen LogP contribution in [-0.2, 0) is 15.8 Å². The molecule has 0 bridgehead atoms. The highest BCUT2D eigenvalue weighted by Crippen LogP contribution is 2.07. The van der Waals surface area contributed by atoms with Gasteiger partial charge in [0.15, 0.2) is 0 Å². The van der Waals surface area contributed by atoms with E-state index in [0.717, 1.165) is 0 Å². The first-order chi connectivity index (χ1) is 8.43. The topological polar surface area (TPSA) is 90.2 Å². The van der Waals surface area contributed by atoms with Crippen LogP contribution >= 0.6 is 0 Å². The van der Waals surface area contributed by atoms with E-state index in [1.807, 2.05) is 6.07 Å². The minimum Gasteiger partial charge on any atom is -0.393 e. The van der Waals surface area contributed by atoms with Crippen molar-refractivity contribution in [3.63, 3.8) is 0 Å². The van der Waals surface area contributed by atoms with Gasteiger partial charge in [0, 0.05) is 6.54 Å². The van der Waals surface area contributed by atoms with E-state index in [0.29, 0.717) is 17.5 Å². The summed E-state index contributed by atoms with van der Waals surface area (Å²) in [6.45, 7) is 1.82. The molecule has 0 fully saturated rings. The number of rotatable bonds is 6. The van der Waals surface area contributed by atoms with Gasteiger partial charge in [-0.25, -0.2) is 13.1 Å². The molecule has 1 unspecified atom stereocenters. The molecule has 1 rings (SSSR count). The Balaban J connectivity index is 2.57. The van der Waals surface area contributed by atoms with Crippen molar-refractivity contribution in [1.29, 1.82) is 5.26 Å². The number of hydrogen-bond donors (Lipinski definition) is 2. The number of hydrogen-bond acceptors (Lipinski definition) is 4. The fraction of sp³-hybridized carbons (Fsp3) is 0.417. The molecule has 0 spiro atoms. The molecule has 0 aromatic heterocycles. The fourth-order valence-corrected chi connectivity index (χ4v) is 2.53. The van der Waals surface area contributed by atoms with Crippen molar-refractivity contribution < 1.29 is 13.5 Å². The lowest BCUT2D eigenvalue weighted by Crippen LogP contribution is -2.27. The van der Waals surface area contributed by atoms with Gasteiger partial charge in [-0.1, -0.05) is 12.1 Å². The van der Waals surface area contributed by atoms with Gasteiger partial charge >= 0.3 is 0 Å². The van der Waals surface area contributed by atoms with Gasteiger partial charge in [0.2, 0.25) is 10.0 Å². The average molecular weight is 268 g/mol. The molecule has 0 heterocycles. The van der Waals surface area contributed by atoms with E-state index in [9.17, 15) is 8.42 Å². The van der Waals surface area contributed by atoms with Crippen LogP contribution in [0.1, 0.15) is 24.5 Å². The molecule has 98 valence electrons. The summed E-state index contributed by atoms with van der Waals surface area (Å²) >= 11 is 0. The Morgan fingerprint density at radius 2 is 2.00 bits per heavy atom. The predicted octanol–water partition coefficient (Wildman–Crippen LogP) is 0.749. The molecular weight excluding hydrogens is 252 g/mol. The second-order valence-electron chi connectivity index (χ2n) is 4.10. The Morgan fingerprint density at radius 3 is 2.50 bits per heavy atom. The van der Waals surface area contributed by atoms with E-state index in [4.69, 9.17) is 10.4 Å². The first-order valence-electron chi connectivity index (χ1n) is 5.57. The number of benzene rings is 1. The van der Waals surface area contributed by atoms with Crippen molar-refractivity contribution in [2.45, 2.75) is 25.2 Å². The molecular formula is C12H16N2O3S. The number of nitrogens with one attached hydrogen (secondary N) is 1. The SMILES string of the molecule is CC(O)CCNS(=O)(=O)Cc1ccc(C#N)cc1. The van der Waals surface area contributed by atoms with Crippen LogP contribution in [0.4, 0.5) is 0 Å². The molecule has 0 saturated heterocycles. The highest BCUT2D eigenvalue weighted by molar-refractivity contribution is 7.88. The molecule has 0 aliphatic heterocycles. The summed E-state index contributed by atoms with van der Waals surface area (Å²) in [6.07, 6.45) is -0.144. The lowest BCUT2D eigenvalue weighted by Gasteiger charge is -2.08. The number of nitriles is 1. The molecule has 0 aliphatic carbocycles. The second kappa shape index (κ2) is 6.50. The summed E-state index contributed by atoms with van der Waals surface area (Å²) in [5.41, 5.74) is 1.12. The van der Waals surface area contributed by atoms with Gasteiger partial charge in [-0.3, -0.25) is 0 Å². The Bertz CT molecular complexity index is 515. The lowest BCUT2D eigenvalue weighted by molar-refractivity contribution is 0.186. The van der Waals surface area contributed by atoms with Crippen LogP contribution in [0.5, 0.6) is 0 Å². The third kappa shape index (κ3) is 5.27. The molecule has 0 radical (unpaired) electrons.